The van der Waals surface area contributed by atoms with Gasteiger partial charge in [0.1, 0.15) is 0 Å². The van der Waals surface area contributed by atoms with Crippen LogP contribution in [0.2, 0.25) is 0 Å². The van der Waals surface area contributed by atoms with Crippen LogP contribution >= 0.6 is 15.9 Å². The Hall–Kier alpha value is -1.06. The van der Waals surface area contributed by atoms with Gasteiger partial charge in [-0.2, -0.15) is 0 Å². The molecule has 0 bridgehead atoms. The van der Waals surface area contributed by atoms with Crippen LogP contribution in [-0.4, -0.2) is 11.1 Å². The normalized spacial score (nSPS) is 12.6. The van der Waals surface area contributed by atoms with Crippen molar-refractivity contribution in [1.82, 2.24) is 9.88 Å². The molecule has 0 aliphatic rings. The molecular weight excluding hydrogens is 300 g/mol. The van der Waals surface area contributed by atoms with Crippen LogP contribution in [0.25, 0.3) is 0 Å². The third-order valence-corrected chi connectivity index (χ3v) is 3.74. The van der Waals surface area contributed by atoms with E-state index in [0.717, 1.165) is 24.0 Å². The van der Waals surface area contributed by atoms with E-state index in [1.54, 1.807) is 0 Å². The van der Waals surface area contributed by atoms with E-state index in [-0.39, 0.29) is 0 Å². The first-order chi connectivity index (χ1) is 9.20. The van der Waals surface area contributed by atoms with E-state index in [1.165, 1.54) is 11.3 Å². The van der Waals surface area contributed by atoms with Gasteiger partial charge >= 0.3 is 0 Å². The van der Waals surface area contributed by atoms with Crippen molar-refractivity contribution in [3.63, 3.8) is 0 Å². The highest BCUT2D eigenvalue weighted by molar-refractivity contribution is 9.10. The van der Waals surface area contributed by atoms with Crippen LogP contribution in [0.15, 0.2) is 47.1 Å². The molecule has 1 aromatic carbocycles. The third kappa shape index (κ3) is 3.95. The number of aromatic nitrogens is 1. The summed E-state index contributed by atoms with van der Waals surface area (Å²) in [6.07, 6.45) is 3.32. The molecule has 2 nitrogen and oxygen atoms in total. The minimum absolute atomic E-state index is 0.391. The number of benzene rings is 1. The number of rotatable bonds is 6. The molecule has 0 radical (unpaired) electrons. The lowest BCUT2D eigenvalue weighted by Crippen LogP contribution is -2.22. The van der Waals surface area contributed by atoms with E-state index < -0.39 is 0 Å². The third-order valence-electron chi connectivity index (χ3n) is 3.25. The van der Waals surface area contributed by atoms with E-state index in [1.807, 2.05) is 0 Å². The fourth-order valence-electron chi connectivity index (χ4n) is 2.26. The summed E-state index contributed by atoms with van der Waals surface area (Å²) < 4.78 is 3.45. The number of hydrogen-bond donors (Lipinski definition) is 1. The smallest absolute Gasteiger partial charge is 0.0473 e. The van der Waals surface area contributed by atoms with Crippen molar-refractivity contribution in [2.24, 2.45) is 0 Å². The molecular formula is C16H21BrN2. The van der Waals surface area contributed by atoms with Crippen LogP contribution in [-0.2, 0) is 6.54 Å². The van der Waals surface area contributed by atoms with Gasteiger partial charge in [-0.3, -0.25) is 0 Å². The van der Waals surface area contributed by atoms with Gasteiger partial charge in [-0.1, -0.05) is 35.0 Å². The number of nitrogens with zero attached hydrogens (tertiary/aromatic N) is 1. The van der Waals surface area contributed by atoms with Crippen LogP contribution in [0.3, 0.4) is 0 Å². The van der Waals surface area contributed by atoms with Gasteiger partial charge in [-0.25, -0.2) is 0 Å². The molecule has 0 aliphatic carbocycles. The van der Waals surface area contributed by atoms with Crippen molar-refractivity contribution in [1.29, 1.82) is 0 Å². The summed E-state index contributed by atoms with van der Waals surface area (Å²) in [6, 6.07) is 13.2. The van der Waals surface area contributed by atoms with Crippen LogP contribution in [0, 0.1) is 0 Å². The molecule has 0 saturated heterocycles. The molecule has 2 aromatic rings. The van der Waals surface area contributed by atoms with Gasteiger partial charge in [0.05, 0.1) is 0 Å². The number of halogens is 1. The zero-order chi connectivity index (χ0) is 13.7. The maximum absolute atomic E-state index is 3.54. The second-order valence-corrected chi connectivity index (χ2v) is 5.78. The van der Waals surface area contributed by atoms with E-state index in [4.69, 9.17) is 0 Å². The summed E-state index contributed by atoms with van der Waals surface area (Å²) in [7, 11) is 0. The lowest BCUT2D eigenvalue weighted by molar-refractivity contribution is 0.534. The minimum atomic E-state index is 0.391. The Bertz CT molecular complexity index is 519. The van der Waals surface area contributed by atoms with Crippen LogP contribution in [0.4, 0.5) is 0 Å². The van der Waals surface area contributed by atoms with Gasteiger partial charge in [0.15, 0.2) is 0 Å². The highest BCUT2D eigenvalue weighted by atomic mass is 79.9. The average Bonchev–Trinajstić information content (AvgIpc) is 2.84. The SMILES string of the molecule is CCCNC(C)c1cccn1Cc1cccc(Br)c1. The molecule has 2 rings (SSSR count). The second kappa shape index (κ2) is 6.92. The Morgan fingerprint density at radius 2 is 2.11 bits per heavy atom. The fourth-order valence-corrected chi connectivity index (χ4v) is 2.71. The molecule has 1 heterocycles. The Kier molecular flexibility index (Phi) is 5.23. The van der Waals surface area contributed by atoms with Crippen molar-refractivity contribution < 1.29 is 0 Å². The van der Waals surface area contributed by atoms with E-state index in [9.17, 15) is 0 Å². The average molecular weight is 321 g/mol. The van der Waals surface area contributed by atoms with Gasteiger partial charge < -0.3 is 9.88 Å². The van der Waals surface area contributed by atoms with Gasteiger partial charge in [-0.05, 0) is 49.7 Å². The summed E-state index contributed by atoms with van der Waals surface area (Å²) in [5, 5.41) is 3.54. The molecule has 0 spiro atoms. The van der Waals surface area contributed by atoms with Crippen molar-refractivity contribution in [3.8, 4) is 0 Å². The summed E-state index contributed by atoms with van der Waals surface area (Å²) in [6.45, 7) is 6.39. The molecule has 1 unspecified atom stereocenters. The monoisotopic (exact) mass is 320 g/mol. The summed E-state index contributed by atoms with van der Waals surface area (Å²) >= 11 is 3.53. The van der Waals surface area contributed by atoms with Crippen LogP contribution < -0.4 is 5.32 Å². The van der Waals surface area contributed by atoms with E-state index >= 15 is 0 Å². The number of nitrogens with one attached hydrogen (secondary N) is 1. The van der Waals surface area contributed by atoms with Gasteiger partial charge in [0.25, 0.3) is 0 Å². The fraction of sp³-hybridized carbons (Fsp3) is 0.375. The Balaban J connectivity index is 2.11. The Morgan fingerprint density at radius 1 is 1.26 bits per heavy atom. The molecule has 0 fully saturated rings. The highest BCUT2D eigenvalue weighted by Crippen LogP contribution is 2.17. The van der Waals surface area contributed by atoms with Crippen LogP contribution in [0.5, 0.6) is 0 Å². The second-order valence-electron chi connectivity index (χ2n) is 4.87. The van der Waals surface area contributed by atoms with Gasteiger partial charge in [0.2, 0.25) is 0 Å². The van der Waals surface area contributed by atoms with E-state index in [0.29, 0.717) is 6.04 Å². The van der Waals surface area contributed by atoms with Gasteiger partial charge in [0, 0.05) is 29.0 Å². The molecule has 1 aromatic heterocycles. The minimum Gasteiger partial charge on any atom is -0.346 e. The predicted molar refractivity (Wildman–Crippen MR) is 84.4 cm³/mol. The lowest BCUT2D eigenvalue weighted by Gasteiger charge is -2.17. The standard InChI is InChI=1S/C16H21BrN2/c1-3-9-18-13(2)16-8-5-10-19(16)12-14-6-4-7-15(17)11-14/h4-8,10-11,13,18H,3,9,12H2,1-2H3. The molecule has 102 valence electrons. The van der Waals surface area contributed by atoms with Crippen molar-refractivity contribution >= 4 is 15.9 Å². The zero-order valence-electron chi connectivity index (χ0n) is 11.6. The predicted octanol–water partition coefficient (Wildman–Crippen LogP) is 4.36. The van der Waals surface area contributed by atoms with E-state index in [2.05, 4.69) is 82.3 Å². The maximum atomic E-state index is 3.54. The first-order valence-electron chi connectivity index (χ1n) is 6.83. The molecule has 3 heteroatoms. The first kappa shape index (κ1) is 14.4. The first-order valence-corrected chi connectivity index (χ1v) is 7.63. The largest absolute Gasteiger partial charge is 0.346 e. The van der Waals surface area contributed by atoms with Crippen molar-refractivity contribution in [2.45, 2.75) is 32.9 Å². The maximum Gasteiger partial charge on any atom is 0.0473 e. The topological polar surface area (TPSA) is 17.0 Å². The molecule has 19 heavy (non-hydrogen) atoms. The Labute approximate surface area is 124 Å². The van der Waals surface area contributed by atoms with Crippen molar-refractivity contribution in [2.75, 3.05) is 6.54 Å². The summed E-state index contributed by atoms with van der Waals surface area (Å²) in [5.41, 5.74) is 2.66. The highest BCUT2D eigenvalue weighted by Gasteiger charge is 2.09. The van der Waals surface area contributed by atoms with Gasteiger partial charge in [-0.15, -0.1) is 0 Å². The summed E-state index contributed by atoms with van der Waals surface area (Å²) in [4.78, 5) is 0. The number of hydrogen-bond acceptors (Lipinski definition) is 1. The lowest BCUT2D eigenvalue weighted by atomic mass is 10.2. The molecule has 1 N–H and O–H groups in total. The quantitative estimate of drug-likeness (QED) is 0.836. The molecule has 0 aliphatic heterocycles. The Morgan fingerprint density at radius 3 is 2.84 bits per heavy atom. The molecule has 0 amide bonds. The van der Waals surface area contributed by atoms with Crippen LogP contribution in [0.1, 0.15) is 37.6 Å². The summed E-state index contributed by atoms with van der Waals surface area (Å²) in [5.74, 6) is 0. The molecule has 1 atom stereocenters. The van der Waals surface area contributed by atoms with Crippen molar-refractivity contribution in [3.05, 3.63) is 58.3 Å². The molecule has 0 saturated carbocycles. The zero-order valence-corrected chi connectivity index (χ0v) is 13.2.